The van der Waals surface area contributed by atoms with Crippen LogP contribution in [0.3, 0.4) is 0 Å². The Balaban J connectivity index is 1.51. The van der Waals surface area contributed by atoms with Crippen LogP contribution in [0, 0.1) is 11.6 Å². The highest BCUT2D eigenvalue weighted by Crippen LogP contribution is 2.28. The van der Waals surface area contributed by atoms with Gasteiger partial charge in [0.2, 0.25) is 5.82 Å². The predicted octanol–water partition coefficient (Wildman–Crippen LogP) is 4.17. The third kappa shape index (κ3) is 4.82. The number of hydrogen-bond donors (Lipinski definition) is 2. The van der Waals surface area contributed by atoms with Gasteiger partial charge in [0.25, 0.3) is 0 Å². The lowest BCUT2D eigenvalue weighted by atomic mass is 10.2. The second kappa shape index (κ2) is 8.94. The van der Waals surface area contributed by atoms with Crippen LogP contribution in [0.15, 0.2) is 60.7 Å². The lowest BCUT2D eigenvalue weighted by molar-refractivity contribution is 0.211. The van der Waals surface area contributed by atoms with E-state index in [-0.39, 0.29) is 24.7 Å². The molecule has 0 atom stereocenters. The molecule has 5 nitrogen and oxygen atoms in total. The van der Waals surface area contributed by atoms with Gasteiger partial charge in [-0.1, -0.05) is 30.3 Å². The highest BCUT2D eigenvalue weighted by molar-refractivity contribution is 5.56. The fraction of sp³-hybridized carbons (Fsp3) is 0.143. The fourth-order valence-corrected chi connectivity index (χ4v) is 2.48. The van der Waals surface area contributed by atoms with Crippen molar-refractivity contribution in [2.45, 2.75) is 6.61 Å². The van der Waals surface area contributed by atoms with Crippen molar-refractivity contribution in [3.05, 3.63) is 77.9 Å². The molecule has 0 heterocycles. The van der Waals surface area contributed by atoms with Gasteiger partial charge in [0.1, 0.15) is 31.3 Å². The molecule has 3 rings (SSSR count). The van der Waals surface area contributed by atoms with Crippen LogP contribution in [-0.4, -0.2) is 13.2 Å². The van der Waals surface area contributed by atoms with Crippen LogP contribution >= 0.6 is 0 Å². The zero-order chi connectivity index (χ0) is 19.9. The molecule has 0 aliphatic rings. The van der Waals surface area contributed by atoms with Crippen molar-refractivity contribution in [1.82, 2.24) is 0 Å². The van der Waals surface area contributed by atoms with Crippen LogP contribution in [0.25, 0.3) is 0 Å². The summed E-state index contributed by atoms with van der Waals surface area (Å²) in [7, 11) is 0. The molecular weight excluding hydrogens is 366 g/mol. The SMILES string of the molecule is Nc1cc(OCc2ccccc2)ccc1OCCOc1c(N)ccc(F)c1F. The third-order valence-electron chi connectivity index (χ3n) is 3.90. The van der Waals surface area contributed by atoms with Crippen molar-refractivity contribution in [3.8, 4) is 17.2 Å². The van der Waals surface area contributed by atoms with Gasteiger partial charge in [0, 0.05) is 6.07 Å². The van der Waals surface area contributed by atoms with E-state index in [4.69, 9.17) is 25.7 Å². The summed E-state index contributed by atoms with van der Waals surface area (Å²) in [5, 5.41) is 0. The number of nitrogens with two attached hydrogens (primary N) is 2. The van der Waals surface area contributed by atoms with Crippen molar-refractivity contribution < 1.29 is 23.0 Å². The molecule has 146 valence electrons. The molecule has 0 amide bonds. The molecule has 3 aromatic rings. The van der Waals surface area contributed by atoms with Crippen molar-refractivity contribution in [2.75, 3.05) is 24.7 Å². The highest BCUT2D eigenvalue weighted by Gasteiger charge is 2.13. The Bertz CT molecular complexity index is 936. The minimum atomic E-state index is -1.13. The lowest BCUT2D eigenvalue weighted by Gasteiger charge is -2.13. The minimum Gasteiger partial charge on any atom is -0.489 e. The number of ether oxygens (including phenoxy) is 3. The number of benzene rings is 3. The van der Waals surface area contributed by atoms with Crippen LogP contribution < -0.4 is 25.7 Å². The number of nitrogen functional groups attached to an aromatic ring is 2. The first-order chi connectivity index (χ1) is 13.5. The average molecular weight is 386 g/mol. The van der Waals surface area contributed by atoms with Gasteiger partial charge in [-0.15, -0.1) is 0 Å². The minimum absolute atomic E-state index is 0.0123. The van der Waals surface area contributed by atoms with Crippen LogP contribution in [0.4, 0.5) is 20.2 Å². The Morgan fingerprint density at radius 1 is 0.750 bits per heavy atom. The first kappa shape index (κ1) is 19.3. The molecule has 0 radical (unpaired) electrons. The van der Waals surface area contributed by atoms with Crippen LogP contribution in [0.2, 0.25) is 0 Å². The van der Waals surface area contributed by atoms with Gasteiger partial charge in [-0.2, -0.15) is 4.39 Å². The van der Waals surface area contributed by atoms with E-state index in [0.717, 1.165) is 11.6 Å². The van der Waals surface area contributed by atoms with E-state index in [2.05, 4.69) is 0 Å². The van der Waals surface area contributed by atoms with Gasteiger partial charge in [0.15, 0.2) is 11.6 Å². The maximum Gasteiger partial charge on any atom is 0.202 e. The number of anilines is 2. The molecule has 0 aliphatic heterocycles. The summed E-state index contributed by atoms with van der Waals surface area (Å²) >= 11 is 0. The lowest BCUT2D eigenvalue weighted by Crippen LogP contribution is -2.12. The largest absolute Gasteiger partial charge is 0.489 e. The molecule has 0 spiro atoms. The standard InChI is InChI=1S/C21H20F2N2O3/c22-16-7-8-17(24)21(20(16)23)27-11-10-26-19-9-6-15(12-18(19)25)28-13-14-4-2-1-3-5-14/h1-9,12H,10-11,13,24-25H2. The second-order valence-electron chi connectivity index (χ2n) is 5.95. The zero-order valence-corrected chi connectivity index (χ0v) is 15.0. The number of halogens is 2. The summed E-state index contributed by atoms with van der Waals surface area (Å²) in [6, 6.07) is 17.0. The molecular formula is C21H20F2N2O3. The van der Waals surface area contributed by atoms with Gasteiger partial charge in [-0.3, -0.25) is 0 Å². The maximum atomic E-state index is 13.7. The maximum absolute atomic E-state index is 13.7. The van der Waals surface area contributed by atoms with Crippen LogP contribution in [0.1, 0.15) is 5.56 Å². The Kier molecular flexibility index (Phi) is 6.16. The van der Waals surface area contributed by atoms with Crippen molar-refractivity contribution in [2.24, 2.45) is 0 Å². The predicted molar refractivity (Wildman–Crippen MR) is 103 cm³/mol. The van der Waals surface area contributed by atoms with Crippen molar-refractivity contribution >= 4 is 11.4 Å². The van der Waals surface area contributed by atoms with Gasteiger partial charge in [-0.05, 0) is 29.8 Å². The highest BCUT2D eigenvalue weighted by atomic mass is 19.2. The first-order valence-corrected chi connectivity index (χ1v) is 8.60. The third-order valence-corrected chi connectivity index (χ3v) is 3.90. The molecule has 0 bridgehead atoms. The first-order valence-electron chi connectivity index (χ1n) is 8.60. The van der Waals surface area contributed by atoms with Gasteiger partial charge >= 0.3 is 0 Å². The van der Waals surface area contributed by atoms with E-state index >= 15 is 0 Å². The molecule has 0 unspecified atom stereocenters. The Labute approximate surface area is 161 Å². The van der Waals surface area contributed by atoms with Crippen molar-refractivity contribution in [1.29, 1.82) is 0 Å². The van der Waals surface area contributed by atoms with E-state index in [0.29, 0.717) is 23.8 Å². The van der Waals surface area contributed by atoms with E-state index in [1.165, 1.54) is 6.07 Å². The Morgan fingerprint density at radius 2 is 1.50 bits per heavy atom. The summed E-state index contributed by atoms with van der Waals surface area (Å²) in [5.41, 5.74) is 13.0. The molecule has 0 aliphatic carbocycles. The Hall–Kier alpha value is -3.48. The van der Waals surface area contributed by atoms with E-state index in [9.17, 15) is 8.78 Å². The molecule has 28 heavy (non-hydrogen) atoms. The smallest absolute Gasteiger partial charge is 0.202 e. The summed E-state index contributed by atoms with van der Waals surface area (Å²) in [6.07, 6.45) is 0. The Morgan fingerprint density at radius 3 is 2.25 bits per heavy atom. The van der Waals surface area contributed by atoms with Gasteiger partial charge < -0.3 is 25.7 Å². The quantitative estimate of drug-likeness (QED) is 0.449. The molecule has 0 saturated heterocycles. The molecule has 7 heteroatoms. The molecule has 3 aromatic carbocycles. The van der Waals surface area contributed by atoms with Crippen LogP contribution in [0.5, 0.6) is 17.2 Å². The topological polar surface area (TPSA) is 79.7 Å². The summed E-state index contributed by atoms with van der Waals surface area (Å²) in [5.74, 6) is -1.44. The van der Waals surface area contributed by atoms with Gasteiger partial charge in [-0.25, -0.2) is 4.39 Å². The normalized spacial score (nSPS) is 10.5. The zero-order valence-electron chi connectivity index (χ0n) is 15.0. The summed E-state index contributed by atoms with van der Waals surface area (Å²) in [4.78, 5) is 0. The monoisotopic (exact) mass is 386 g/mol. The fourth-order valence-electron chi connectivity index (χ4n) is 2.48. The summed E-state index contributed by atoms with van der Waals surface area (Å²) < 4.78 is 43.3. The second-order valence-corrected chi connectivity index (χ2v) is 5.95. The molecule has 4 N–H and O–H groups in total. The average Bonchev–Trinajstić information content (AvgIpc) is 2.71. The van der Waals surface area contributed by atoms with Crippen LogP contribution in [-0.2, 0) is 6.61 Å². The molecule has 0 saturated carbocycles. The molecule has 0 fully saturated rings. The summed E-state index contributed by atoms with van der Waals surface area (Å²) in [6.45, 7) is 0.467. The number of hydrogen-bond acceptors (Lipinski definition) is 5. The van der Waals surface area contributed by atoms with E-state index in [1.807, 2.05) is 30.3 Å². The van der Waals surface area contributed by atoms with Crippen molar-refractivity contribution in [3.63, 3.8) is 0 Å². The number of rotatable bonds is 8. The van der Waals surface area contributed by atoms with E-state index in [1.54, 1.807) is 18.2 Å². The van der Waals surface area contributed by atoms with E-state index < -0.39 is 11.6 Å². The van der Waals surface area contributed by atoms with Gasteiger partial charge in [0.05, 0.1) is 11.4 Å². The molecule has 0 aromatic heterocycles.